The Morgan fingerprint density at radius 2 is 1.39 bits per heavy atom. The molecular weight excluding hydrogens is 468 g/mol. The fourth-order valence-corrected chi connectivity index (χ4v) is 4.31. The minimum atomic E-state index is -0.426. The van der Waals surface area contributed by atoms with Crippen molar-refractivity contribution in [3.8, 4) is 11.5 Å². The van der Waals surface area contributed by atoms with Crippen LogP contribution in [0.5, 0.6) is 11.5 Å². The number of carbonyl (C=O) groups excluding carboxylic acids is 3. The highest BCUT2D eigenvalue weighted by molar-refractivity contribution is 6.04. The van der Waals surface area contributed by atoms with E-state index in [1.807, 2.05) is 30.3 Å². The summed E-state index contributed by atoms with van der Waals surface area (Å²) in [5.41, 5.74) is 3.90. The molecule has 0 radical (unpaired) electrons. The van der Waals surface area contributed by atoms with E-state index in [9.17, 15) is 14.4 Å². The molecule has 0 fully saturated rings. The lowest BCUT2D eigenvalue weighted by Gasteiger charge is -2.23. The summed E-state index contributed by atoms with van der Waals surface area (Å²) >= 11 is 0. The first-order valence-electron chi connectivity index (χ1n) is 11.3. The number of benzene rings is 2. The van der Waals surface area contributed by atoms with Crippen LogP contribution in [-0.2, 0) is 36.7 Å². The summed E-state index contributed by atoms with van der Waals surface area (Å²) in [7, 11) is 5.84. The molecule has 1 aliphatic carbocycles. The number of ether oxygens (including phenoxy) is 4. The molecule has 2 atom stereocenters. The highest BCUT2D eigenvalue weighted by Gasteiger charge is 2.30. The van der Waals surface area contributed by atoms with Crippen LogP contribution in [0.4, 0.5) is 5.69 Å². The van der Waals surface area contributed by atoms with Crippen LogP contribution >= 0.6 is 0 Å². The zero-order chi connectivity index (χ0) is 26.2. The molecule has 1 aliphatic heterocycles. The number of esters is 2. The van der Waals surface area contributed by atoms with Crippen molar-refractivity contribution >= 4 is 29.2 Å². The van der Waals surface area contributed by atoms with Crippen LogP contribution in [0.15, 0.2) is 41.6 Å². The molecule has 0 spiro atoms. The fourth-order valence-electron chi connectivity index (χ4n) is 4.31. The Labute approximate surface area is 209 Å². The van der Waals surface area contributed by atoms with E-state index in [0.717, 1.165) is 16.7 Å². The van der Waals surface area contributed by atoms with Gasteiger partial charge in [-0.2, -0.15) is 0 Å². The van der Waals surface area contributed by atoms with Crippen molar-refractivity contribution in [1.82, 2.24) is 0 Å². The van der Waals surface area contributed by atoms with Crippen molar-refractivity contribution in [2.75, 3.05) is 33.8 Å². The Bertz CT molecular complexity index is 1160. The van der Waals surface area contributed by atoms with E-state index >= 15 is 0 Å². The topological polar surface area (TPSA) is 133 Å². The van der Waals surface area contributed by atoms with Gasteiger partial charge in [-0.25, -0.2) is 0 Å². The molecule has 2 N–H and O–H groups in total. The molecule has 10 nitrogen and oxygen atoms in total. The standard InChI is InChI=1S/2C13H15NO4/c1-17-10-4-3-8-5-9(13(16)18-2)6-12(15)14-11(8)7-10;1-17-10-4-3-8-5-9(13(15)18-2)6-12(14-16)11(8)7-10/h3-4,7,9H,5-6H2,1-2H3,(H,14,15);3-4,7,9,16H,5-6H2,1-2H3. The lowest BCUT2D eigenvalue weighted by atomic mass is 9.82. The van der Waals surface area contributed by atoms with Gasteiger partial charge in [0.05, 0.1) is 46.0 Å². The summed E-state index contributed by atoms with van der Waals surface area (Å²) in [6, 6.07) is 11.0. The van der Waals surface area contributed by atoms with Gasteiger partial charge < -0.3 is 29.5 Å². The minimum absolute atomic E-state index is 0.143. The number of rotatable bonds is 4. The molecule has 2 unspecified atom stereocenters. The van der Waals surface area contributed by atoms with Crippen molar-refractivity contribution in [3.05, 3.63) is 53.1 Å². The summed E-state index contributed by atoms with van der Waals surface area (Å²) in [6.45, 7) is 0. The number of hydrogen-bond acceptors (Lipinski definition) is 9. The Hall–Kier alpha value is -4.08. The van der Waals surface area contributed by atoms with Crippen LogP contribution in [0.25, 0.3) is 0 Å². The van der Waals surface area contributed by atoms with Crippen molar-refractivity contribution in [2.45, 2.75) is 25.7 Å². The van der Waals surface area contributed by atoms with Gasteiger partial charge in [0.15, 0.2) is 0 Å². The SMILES string of the molecule is COC(=O)C1CC(=NO)c2cc(OC)ccc2C1.COC(=O)C1CC(=O)Nc2cc(OC)ccc2C1. The molecule has 192 valence electrons. The molecule has 10 heteroatoms. The molecule has 0 aromatic heterocycles. The van der Waals surface area contributed by atoms with Gasteiger partial charge in [0.25, 0.3) is 0 Å². The number of methoxy groups -OCH3 is 4. The molecule has 2 aromatic carbocycles. The Morgan fingerprint density at radius 3 is 1.97 bits per heavy atom. The van der Waals surface area contributed by atoms with Gasteiger partial charge in [-0.05, 0) is 42.2 Å². The van der Waals surface area contributed by atoms with Crippen LogP contribution in [0.1, 0.15) is 29.5 Å². The average Bonchev–Trinajstić information content (AvgIpc) is 3.08. The summed E-state index contributed by atoms with van der Waals surface area (Å²) < 4.78 is 19.7. The molecule has 0 saturated heterocycles. The first-order chi connectivity index (χ1) is 17.3. The first-order valence-corrected chi connectivity index (χ1v) is 11.3. The Morgan fingerprint density at radius 1 is 0.833 bits per heavy atom. The number of anilines is 1. The summed E-state index contributed by atoms with van der Waals surface area (Å²) in [5, 5.41) is 15.1. The normalized spacial score (nSPS) is 19.3. The molecule has 1 amide bonds. The van der Waals surface area contributed by atoms with Crippen molar-refractivity contribution < 1.29 is 38.5 Å². The number of hydrogen-bond donors (Lipinski definition) is 2. The van der Waals surface area contributed by atoms with Crippen LogP contribution in [0.2, 0.25) is 0 Å². The molecule has 36 heavy (non-hydrogen) atoms. The number of carbonyl (C=O) groups is 3. The van der Waals surface area contributed by atoms with Gasteiger partial charge in [0.2, 0.25) is 5.91 Å². The maximum Gasteiger partial charge on any atom is 0.309 e. The quantitative estimate of drug-likeness (QED) is 0.374. The Kier molecular flexibility index (Phi) is 8.88. The summed E-state index contributed by atoms with van der Waals surface area (Å²) in [5.74, 6) is -0.160. The predicted molar refractivity (Wildman–Crippen MR) is 131 cm³/mol. The lowest BCUT2D eigenvalue weighted by Crippen LogP contribution is -2.28. The van der Waals surface area contributed by atoms with E-state index in [0.29, 0.717) is 42.2 Å². The van der Waals surface area contributed by atoms with Gasteiger partial charge >= 0.3 is 11.9 Å². The minimum Gasteiger partial charge on any atom is -0.497 e. The predicted octanol–water partition coefficient (Wildman–Crippen LogP) is 2.98. The monoisotopic (exact) mass is 498 g/mol. The molecule has 1 heterocycles. The van der Waals surface area contributed by atoms with E-state index in [2.05, 4.69) is 10.5 Å². The molecule has 2 aromatic rings. The van der Waals surface area contributed by atoms with Gasteiger partial charge in [-0.1, -0.05) is 17.3 Å². The van der Waals surface area contributed by atoms with Crippen molar-refractivity contribution in [2.24, 2.45) is 17.0 Å². The third-order valence-corrected chi connectivity index (χ3v) is 6.21. The van der Waals surface area contributed by atoms with E-state index < -0.39 is 5.92 Å². The first kappa shape index (κ1) is 26.5. The summed E-state index contributed by atoms with van der Waals surface area (Å²) in [6.07, 6.45) is 1.60. The maximum absolute atomic E-state index is 11.7. The smallest absolute Gasteiger partial charge is 0.309 e. The zero-order valence-corrected chi connectivity index (χ0v) is 20.7. The largest absolute Gasteiger partial charge is 0.497 e. The van der Waals surface area contributed by atoms with E-state index in [-0.39, 0.29) is 30.2 Å². The molecule has 2 aliphatic rings. The molecule has 0 bridgehead atoms. The average molecular weight is 499 g/mol. The van der Waals surface area contributed by atoms with Crippen LogP contribution in [0.3, 0.4) is 0 Å². The van der Waals surface area contributed by atoms with Gasteiger partial charge in [-0.3, -0.25) is 14.4 Å². The van der Waals surface area contributed by atoms with Crippen molar-refractivity contribution in [3.63, 3.8) is 0 Å². The van der Waals surface area contributed by atoms with Gasteiger partial charge in [0.1, 0.15) is 11.5 Å². The van der Waals surface area contributed by atoms with E-state index in [1.54, 1.807) is 20.3 Å². The highest BCUT2D eigenvalue weighted by atomic mass is 16.5. The molecule has 4 rings (SSSR count). The highest BCUT2D eigenvalue weighted by Crippen LogP contribution is 2.30. The number of amides is 1. The number of fused-ring (bicyclic) bond motifs is 2. The zero-order valence-electron chi connectivity index (χ0n) is 20.7. The van der Waals surface area contributed by atoms with E-state index in [1.165, 1.54) is 14.2 Å². The maximum atomic E-state index is 11.7. The number of oxime groups is 1. The lowest BCUT2D eigenvalue weighted by molar-refractivity contribution is -0.147. The molecule has 0 saturated carbocycles. The number of nitrogens with zero attached hydrogens (tertiary/aromatic N) is 1. The summed E-state index contributed by atoms with van der Waals surface area (Å²) in [4.78, 5) is 34.9. The third kappa shape index (κ3) is 6.12. The third-order valence-electron chi connectivity index (χ3n) is 6.21. The van der Waals surface area contributed by atoms with E-state index in [4.69, 9.17) is 24.2 Å². The second-order valence-corrected chi connectivity index (χ2v) is 8.40. The second kappa shape index (κ2) is 12.1. The van der Waals surface area contributed by atoms with Crippen molar-refractivity contribution in [1.29, 1.82) is 0 Å². The van der Waals surface area contributed by atoms with Gasteiger partial charge in [0, 0.05) is 30.2 Å². The molecular formula is C26H30N2O8. The van der Waals surface area contributed by atoms with Crippen LogP contribution < -0.4 is 14.8 Å². The van der Waals surface area contributed by atoms with Crippen LogP contribution in [-0.4, -0.2) is 57.2 Å². The van der Waals surface area contributed by atoms with Gasteiger partial charge in [-0.15, -0.1) is 0 Å². The Balaban J connectivity index is 0.000000201. The fraction of sp³-hybridized carbons (Fsp3) is 0.385. The number of nitrogens with one attached hydrogen (secondary N) is 1. The second-order valence-electron chi connectivity index (χ2n) is 8.40. The van der Waals surface area contributed by atoms with Crippen LogP contribution in [0, 0.1) is 11.8 Å².